The van der Waals surface area contributed by atoms with Crippen LogP contribution in [0.2, 0.25) is 0 Å². The third-order valence-corrected chi connectivity index (χ3v) is 3.84. The maximum Gasteiger partial charge on any atom is 0.191 e. The third-order valence-electron chi connectivity index (χ3n) is 3.84. The number of methoxy groups -OCH3 is 1. The molecule has 5 heteroatoms. The highest BCUT2D eigenvalue weighted by molar-refractivity contribution is 5.79. The van der Waals surface area contributed by atoms with Gasteiger partial charge < -0.3 is 20.1 Å². The Balaban J connectivity index is 1.83. The van der Waals surface area contributed by atoms with E-state index in [1.165, 1.54) is 5.56 Å². The van der Waals surface area contributed by atoms with Gasteiger partial charge in [0, 0.05) is 25.7 Å². The summed E-state index contributed by atoms with van der Waals surface area (Å²) in [5.74, 6) is 2.49. The van der Waals surface area contributed by atoms with Gasteiger partial charge in [-0.25, -0.2) is 0 Å². The molecule has 2 aromatic rings. The summed E-state index contributed by atoms with van der Waals surface area (Å²) in [4.78, 5) is 4.27. The number of rotatable bonds is 9. The van der Waals surface area contributed by atoms with Gasteiger partial charge in [0.25, 0.3) is 0 Å². The summed E-state index contributed by atoms with van der Waals surface area (Å²) in [6, 6.07) is 16.0. The van der Waals surface area contributed by atoms with E-state index >= 15 is 0 Å². The average molecular weight is 353 g/mol. The molecule has 0 heterocycles. The number of benzene rings is 2. The van der Waals surface area contributed by atoms with Crippen LogP contribution in [-0.2, 0) is 13.0 Å². The number of nitrogens with zero attached hydrogens (tertiary/aromatic N) is 1. The van der Waals surface area contributed by atoms with Crippen LogP contribution in [-0.4, -0.2) is 33.3 Å². The van der Waals surface area contributed by atoms with Gasteiger partial charge in [0.2, 0.25) is 0 Å². The van der Waals surface area contributed by atoms with Gasteiger partial charge in [0.05, 0.1) is 7.11 Å². The summed E-state index contributed by atoms with van der Waals surface area (Å²) in [5.41, 5.74) is 2.29. The second kappa shape index (κ2) is 10.8. The molecule has 0 atom stereocenters. The molecule has 0 fully saturated rings. The highest BCUT2D eigenvalue weighted by atomic mass is 16.5. The predicted octanol–water partition coefficient (Wildman–Crippen LogP) is 3.17. The highest BCUT2D eigenvalue weighted by Gasteiger charge is 2.04. The lowest BCUT2D eigenvalue weighted by atomic mass is 10.1. The zero-order valence-electron chi connectivity index (χ0n) is 15.5. The van der Waals surface area contributed by atoms with E-state index in [-0.39, 0.29) is 0 Å². The second-order valence-corrected chi connectivity index (χ2v) is 5.66. The van der Waals surface area contributed by atoms with Crippen LogP contribution in [0.25, 0.3) is 0 Å². The summed E-state index contributed by atoms with van der Waals surface area (Å²) in [6.07, 6.45) is 2.63. The van der Waals surface area contributed by atoms with Crippen LogP contribution in [0.5, 0.6) is 11.5 Å². The predicted molar refractivity (Wildman–Crippen MR) is 107 cm³/mol. The van der Waals surface area contributed by atoms with Crippen LogP contribution in [0, 0.1) is 0 Å². The minimum Gasteiger partial charge on any atom is -0.497 e. The molecule has 2 aromatic carbocycles. The Morgan fingerprint density at radius 2 is 2.00 bits per heavy atom. The van der Waals surface area contributed by atoms with Crippen molar-refractivity contribution in [3.63, 3.8) is 0 Å². The molecule has 0 aliphatic rings. The first-order valence-electron chi connectivity index (χ1n) is 8.66. The lowest BCUT2D eigenvalue weighted by Crippen LogP contribution is -2.37. The van der Waals surface area contributed by atoms with E-state index < -0.39 is 0 Å². The molecule has 0 bridgehead atoms. The fourth-order valence-electron chi connectivity index (χ4n) is 2.49. The fraction of sp³-hybridized carbons (Fsp3) is 0.286. The lowest BCUT2D eigenvalue weighted by molar-refractivity contribution is 0.358. The summed E-state index contributed by atoms with van der Waals surface area (Å²) in [6.45, 7) is 5.59. The summed E-state index contributed by atoms with van der Waals surface area (Å²) in [7, 11) is 3.45. The molecule has 0 radical (unpaired) electrons. The molecule has 0 aliphatic heterocycles. The van der Waals surface area contributed by atoms with Crippen molar-refractivity contribution in [1.82, 2.24) is 10.6 Å². The van der Waals surface area contributed by atoms with Gasteiger partial charge in [-0.2, -0.15) is 0 Å². The number of hydrogen-bond donors (Lipinski definition) is 2. The Bertz CT molecular complexity index is 729. The summed E-state index contributed by atoms with van der Waals surface area (Å²) >= 11 is 0. The Hall–Kier alpha value is -2.95. The molecule has 2 rings (SSSR count). The minimum atomic E-state index is 0.491. The Morgan fingerprint density at radius 3 is 2.77 bits per heavy atom. The first-order chi connectivity index (χ1) is 12.8. The quantitative estimate of drug-likeness (QED) is 0.413. The monoisotopic (exact) mass is 353 g/mol. The summed E-state index contributed by atoms with van der Waals surface area (Å²) < 4.78 is 10.9. The van der Waals surface area contributed by atoms with Crippen molar-refractivity contribution in [2.75, 3.05) is 27.3 Å². The molecule has 5 nitrogen and oxygen atoms in total. The van der Waals surface area contributed by atoms with Gasteiger partial charge in [-0.15, -0.1) is 0 Å². The first kappa shape index (κ1) is 19.4. The van der Waals surface area contributed by atoms with Crippen molar-refractivity contribution in [2.45, 2.75) is 13.0 Å². The highest BCUT2D eigenvalue weighted by Crippen LogP contribution is 2.17. The molecule has 0 aromatic heterocycles. The molecule has 0 spiro atoms. The number of guanidine groups is 1. The number of para-hydroxylation sites is 1. The van der Waals surface area contributed by atoms with Crippen LogP contribution >= 0.6 is 0 Å². The van der Waals surface area contributed by atoms with Crippen LogP contribution in [0.4, 0.5) is 0 Å². The van der Waals surface area contributed by atoms with E-state index in [9.17, 15) is 0 Å². The SMILES string of the molecule is C=CCOc1ccccc1CNC(=NC)NCCc1cccc(OC)c1. The number of ether oxygens (including phenoxy) is 2. The third kappa shape index (κ3) is 6.16. The normalized spacial score (nSPS) is 10.9. The van der Waals surface area contributed by atoms with Crippen molar-refractivity contribution in [2.24, 2.45) is 4.99 Å². The van der Waals surface area contributed by atoms with Gasteiger partial charge in [-0.05, 0) is 30.2 Å². The Kier molecular flexibility index (Phi) is 8.06. The average Bonchev–Trinajstić information content (AvgIpc) is 2.69. The van der Waals surface area contributed by atoms with E-state index in [2.05, 4.69) is 28.3 Å². The van der Waals surface area contributed by atoms with Crippen molar-refractivity contribution >= 4 is 5.96 Å². The maximum absolute atomic E-state index is 5.68. The zero-order chi connectivity index (χ0) is 18.6. The molecule has 26 heavy (non-hydrogen) atoms. The molecule has 0 amide bonds. The molecule has 0 saturated carbocycles. The Morgan fingerprint density at radius 1 is 1.15 bits per heavy atom. The fourth-order valence-corrected chi connectivity index (χ4v) is 2.49. The van der Waals surface area contributed by atoms with Gasteiger partial charge in [-0.1, -0.05) is 43.0 Å². The van der Waals surface area contributed by atoms with Gasteiger partial charge in [0.1, 0.15) is 18.1 Å². The van der Waals surface area contributed by atoms with Gasteiger partial charge >= 0.3 is 0 Å². The van der Waals surface area contributed by atoms with E-state index in [1.54, 1.807) is 20.2 Å². The molecule has 2 N–H and O–H groups in total. The standard InChI is InChI=1S/C21H27N3O2/c1-4-14-26-20-11-6-5-9-18(20)16-24-21(22-2)23-13-12-17-8-7-10-19(15-17)25-3/h4-11,15H,1,12-14,16H2,2-3H3,(H2,22,23,24). The molecular weight excluding hydrogens is 326 g/mol. The Labute approximate surface area is 155 Å². The van der Waals surface area contributed by atoms with Crippen LogP contribution in [0.1, 0.15) is 11.1 Å². The molecular formula is C21H27N3O2. The van der Waals surface area contributed by atoms with Crippen molar-refractivity contribution < 1.29 is 9.47 Å². The topological polar surface area (TPSA) is 54.9 Å². The molecule has 0 aliphatic carbocycles. The minimum absolute atomic E-state index is 0.491. The van der Waals surface area contributed by atoms with Crippen LogP contribution in [0.15, 0.2) is 66.2 Å². The van der Waals surface area contributed by atoms with Gasteiger partial charge in [-0.3, -0.25) is 4.99 Å². The summed E-state index contributed by atoms with van der Waals surface area (Å²) in [5, 5.41) is 6.65. The van der Waals surface area contributed by atoms with Gasteiger partial charge in [0.15, 0.2) is 5.96 Å². The number of nitrogens with one attached hydrogen (secondary N) is 2. The van der Waals surface area contributed by atoms with E-state index in [0.717, 1.165) is 36.0 Å². The number of hydrogen-bond acceptors (Lipinski definition) is 3. The zero-order valence-corrected chi connectivity index (χ0v) is 15.5. The van der Waals surface area contributed by atoms with Crippen molar-refractivity contribution in [3.8, 4) is 11.5 Å². The van der Waals surface area contributed by atoms with Crippen LogP contribution in [0.3, 0.4) is 0 Å². The van der Waals surface area contributed by atoms with Crippen molar-refractivity contribution in [1.29, 1.82) is 0 Å². The van der Waals surface area contributed by atoms with Crippen LogP contribution < -0.4 is 20.1 Å². The lowest BCUT2D eigenvalue weighted by Gasteiger charge is -2.14. The molecule has 138 valence electrons. The van der Waals surface area contributed by atoms with E-state index in [1.807, 2.05) is 42.5 Å². The van der Waals surface area contributed by atoms with Crippen molar-refractivity contribution in [3.05, 3.63) is 72.3 Å². The second-order valence-electron chi connectivity index (χ2n) is 5.66. The number of aliphatic imine (C=N–C) groups is 1. The smallest absolute Gasteiger partial charge is 0.191 e. The van der Waals surface area contributed by atoms with E-state index in [4.69, 9.17) is 9.47 Å². The van der Waals surface area contributed by atoms with E-state index in [0.29, 0.717) is 13.2 Å². The first-order valence-corrected chi connectivity index (χ1v) is 8.66. The maximum atomic E-state index is 5.68. The molecule has 0 unspecified atom stereocenters. The molecule has 0 saturated heterocycles. The largest absolute Gasteiger partial charge is 0.497 e.